The van der Waals surface area contributed by atoms with E-state index in [4.69, 9.17) is 10.5 Å². The molecule has 1 aromatic carbocycles. The summed E-state index contributed by atoms with van der Waals surface area (Å²) in [5, 5.41) is 0. The van der Waals surface area contributed by atoms with Crippen LogP contribution in [0, 0.1) is 5.82 Å². The summed E-state index contributed by atoms with van der Waals surface area (Å²) in [6, 6.07) is 7.92. The molecule has 0 fully saturated rings. The Hall–Kier alpha value is -2.10. The van der Waals surface area contributed by atoms with E-state index in [1.54, 1.807) is 24.4 Å². The van der Waals surface area contributed by atoms with Gasteiger partial charge in [-0.1, -0.05) is 0 Å². The van der Waals surface area contributed by atoms with Crippen LogP contribution in [0.2, 0.25) is 0 Å². The van der Waals surface area contributed by atoms with Gasteiger partial charge >= 0.3 is 0 Å². The van der Waals surface area contributed by atoms with Crippen molar-refractivity contribution in [3.63, 3.8) is 0 Å². The van der Waals surface area contributed by atoms with E-state index in [1.807, 2.05) is 0 Å². The van der Waals surface area contributed by atoms with E-state index in [-0.39, 0.29) is 5.82 Å². The summed E-state index contributed by atoms with van der Waals surface area (Å²) in [6.07, 6.45) is 1.62. The fourth-order valence-electron chi connectivity index (χ4n) is 1.54. The predicted octanol–water partition coefficient (Wildman–Crippen LogP) is 2.48. The highest BCUT2D eigenvalue weighted by molar-refractivity contribution is 5.71. The lowest BCUT2D eigenvalue weighted by atomic mass is 10.1. The summed E-state index contributed by atoms with van der Waals surface area (Å²) in [4.78, 5) is 4.05. The number of methoxy groups -OCH3 is 1. The SMILES string of the molecule is COc1ncccc1-c1cc(N)cc(F)c1. The highest BCUT2D eigenvalue weighted by atomic mass is 19.1. The molecule has 0 spiro atoms. The zero-order valence-electron chi connectivity index (χ0n) is 8.77. The molecule has 0 bridgehead atoms. The summed E-state index contributed by atoms with van der Waals surface area (Å²) in [5.41, 5.74) is 7.34. The maximum atomic E-state index is 13.2. The lowest BCUT2D eigenvalue weighted by Crippen LogP contribution is -1.93. The lowest BCUT2D eigenvalue weighted by Gasteiger charge is -2.07. The molecule has 82 valence electrons. The van der Waals surface area contributed by atoms with Crippen molar-refractivity contribution < 1.29 is 9.13 Å². The van der Waals surface area contributed by atoms with E-state index in [1.165, 1.54) is 19.2 Å². The van der Waals surface area contributed by atoms with Crippen molar-refractivity contribution in [3.8, 4) is 17.0 Å². The standard InChI is InChI=1S/C12H11FN2O/c1-16-12-11(3-2-4-15-12)8-5-9(13)7-10(14)6-8/h2-7H,14H2,1H3. The van der Waals surface area contributed by atoms with Gasteiger partial charge in [0.25, 0.3) is 0 Å². The Morgan fingerprint density at radius 3 is 2.81 bits per heavy atom. The third kappa shape index (κ3) is 1.95. The Labute approximate surface area is 92.7 Å². The van der Waals surface area contributed by atoms with Crippen molar-refractivity contribution in [2.75, 3.05) is 12.8 Å². The van der Waals surface area contributed by atoms with Crippen LogP contribution in [-0.2, 0) is 0 Å². The number of nitrogens with zero attached hydrogens (tertiary/aromatic N) is 1. The number of ether oxygens (including phenoxy) is 1. The summed E-state index contributed by atoms with van der Waals surface area (Å²) < 4.78 is 18.3. The first-order valence-electron chi connectivity index (χ1n) is 4.76. The lowest BCUT2D eigenvalue weighted by molar-refractivity contribution is 0.399. The second-order valence-corrected chi connectivity index (χ2v) is 3.33. The molecule has 0 saturated carbocycles. The normalized spacial score (nSPS) is 10.1. The topological polar surface area (TPSA) is 48.1 Å². The van der Waals surface area contributed by atoms with Crippen LogP contribution in [-0.4, -0.2) is 12.1 Å². The Bertz CT molecular complexity index is 494. The molecule has 0 aliphatic rings. The van der Waals surface area contributed by atoms with Crippen LogP contribution in [0.15, 0.2) is 36.5 Å². The molecular weight excluding hydrogens is 207 g/mol. The first kappa shape index (κ1) is 10.4. The highest BCUT2D eigenvalue weighted by Gasteiger charge is 2.07. The number of hydrogen-bond donors (Lipinski definition) is 1. The minimum Gasteiger partial charge on any atom is -0.481 e. The van der Waals surface area contributed by atoms with Gasteiger partial charge in [-0.25, -0.2) is 9.37 Å². The zero-order valence-corrected chi connectivity index (χ0v) is 8.77. The van der Waals surface area contributed by atoms with Crippen LogP contribution >= 0.6 is 0 Å². The van der Waals surface area contributed by atoms with Gasteiger partial charge in [0.1, 0.15) is 5.82 Å². The Morgan fingerprint density at radius 1 is 1.31 bits per heavy atom. The van der Waals surface area contributed by atoms with E-state index >= 15 is 0 Å². The van der Waals surface area contributed by atoms with Crippen molar-refractivity contribution in [1.29, 1.82) is 0 Å². The number of rotatable bonds is 2. The molecule has 1 aromatic heterocycles. The molecule has 0 amide bonds. The zero-order chi connectivity index (χ0) is 11.5. The molecule has 0 radical (unpaired) electrons. The molecule has 2 rings (SSSR count). The maximum Gasteiger partial charge on any atom is 0.221 e. The number of benzene rings is 1. The first-order chi connectivity index (χ1) is 7.70. The van der Waals surface area contributed by atoms with Crippen molar-refractivity contribution in [2.45, 2.75) is 0 Å². The fraction of sp³-hybridized carbons (Fsp3) is 0.0833. The number of halogens is 1. The van der Waals surface area contributed by atoms with Crippen LogP contribution in [0.25, 0.3) is 11.1 Å². The molecule has 2 aromatic rings. The van der Waals surface area contributed by atoms with E-state index in [2.05, 4.69) is 4.98 Å². The number of nitrogens with two attached hydrogens (primary N) is 1. The molecule has 16 heavy (non-hydrogen) atoms. The molecular formula is C12H11FN2O. The van der Waals surface area contributed by atoms with Crippen LogP contribution < -0.4 is 10.5 Å². The Balaban J connectivity index is 2.58. The molecule has 0 unspecified atom stereocenters. The minimum atomic E-state index is -0.374. The predicted molar refractivity (Wildman–Crippen MR) is 60.6 cm³/mol. The first-order valence-corrected chi connectivity index (χ1v) is 4.76. The number of pyridine rings is 1. The van der Waals surface area contributed by atoms with Crippen LogP contribution in [0.1, 0.15) is 0 Å². The Morgan fingerprint density at radius 2 is 2.12 bits per heavy atom. The number of anilines is 1. The summed E-state index contributed by atoms with van der Waals surface area (Å²) in [5.74, 6) is 0.0772. The third-order valence-electron chi connectivity index (χ3n) is 2.20. The maximum absolute atomic E-state index is 13.2. The molecule has 0 atom stereocenters. The van der Waals surface area contributed by atoms with E-state index in [9.17, 15) is 4.39 Å². The summed E-state index contributed by atoms with van der Waals surface area (Å²) >= 11 is 0. The van der Waals surface area contributed by atoms with Crippen LogP contribution in [0.3, 0.4) is 0 Å². The van der Waals surface area contributed by atoms with Crippen molar-refractivity contribution >= 4 is 5.69 Å². The van der Waals surface area contributed by atoms with Gasteiger partial charge in [-0.15, -0.1) is 0 Å². The fourth-order valence-corrected chi connectivity index (χ4v) is 1.54. The van der Waals surface area contributed by atoms with Gasteiger partial charge in [-0.05, 0) is 35.9 Å². The Kier molecular flexibility index (Phi) is 2.72. The molecule has 2 N–H and O–H groups in total. The van der Waals surface area contributed by atoms with Crippen LogP contribution in [0.4, 0.5) is 10.1 Å². The second kappa shape index (κ2) is 4.18. The molecule has 4 heteroatoms. The molecule has 0 saturated heterocycles. The summed E-state index contributed by atoms with van der Waals surface area (Å²) in [6.45, 7) is 0. The second-order valence-electron chi connectivity index (χ2n) is 3.33. The van der Waals surface area contributed by atoms with Gasteiger partial charge in [0.15, 0.2) is 0 Å². The van der Waals surface area contributed by atoms with Gasteiger partial charge < -0.3 is 10.5 Å². The average molecular weight is 218 g/mol. The van der Waals surface area contributed by atoms with Gasteiger partial charge in [0, 0.05) is 17.4 Å². The highest BCUT2D eigenvalue weighted by Crippen LogP contribution is 2.29. The molecule has 0 aliphatic heterocycles. The van der Waals surface area contributed by atoms with Crippen molar-refractivity contribution in [2.24, 2.45) is 0 Å². The van der Waals surface area contributed by atoms with E-state index in [0.29, 0.717) is 17.1 Å². The molecule has 3 nitrogen and oxygen atoms in total. The number of aromatic nitrogens is 1. The van der Waals surface area contributed by atoms with Gasteiger partial charge in [0.05, 0.1) is 7.11 Å². The van der Waals surface area contributed by atoms with E-state index < -0.39 is 0 Å². The monoisotopic (exact) mass is 218 g/mol. The van der Waals surface area contributed by atoms with Crippen molar-refractivity contribution in [3.05, 3.63) is 42.3 Å². The third-order valence-corrected chi connectivity index (χ3v) is 2.20. The largest absolute Gasteiger partial charge is 0.481 e. The van der Waals surface area contributed by atoms with E-state index in [0.717, 1.165) is 5.56 Å². The van der Waals surface area contributed by atoms with Crippen molar-refractivity contribution in [1.82, 2.24) is 4.98 Å². The van der Waals surface area contributed by atoms with Crippen LogP contribution in [0.5, 0.6) is 5.88 Å². The smallest absolute Gasteiger partial charge is 0.221 e. The summed E-state index contributed by atoms with van der Waals surface area (Å²) in [7, 11) is 1.52. The number of nitrogen functional groups attached to an aromatic ring is 1. The average Bonchev–Trinajstić information content (AvgIpc) is 2.27. The van der Waals surface area contributed by atoms with Gasteiger partial charge in [0.2, 0.25) is 5.88 Å². The molecule has 0 aliphatic carbocycles. The van der Waals surface area contributed by atoms with Gasteiger partial charge in [-0.2, -0.15) is 0 Å². The number of hydrogen-bond acceptors (Lipinski definition) is 3. The minimum absolute atomic E-state index is 0.374. The van der Waals surface area contributed by atoms with Gasteiger partial charge in [-0.3, -0.25) is 0 Å². The quantitative estimate of drug-likeness (QED) is 0.788. The molecule has 1 heterocycles.